The lowest BCUT2D eigenvalue weighted by atomic mass is 10.3. The molecule has 0 N–H and O–H groups in total. The number of rotatable bonds is 9. The average molecular weight is 518 g/mol. The van der Waals surface area contributed by atoms with Crippen LogP contribution in [0.5, 0.6) is 0 Å². The van der Waals surface area contributed by atoms with Crippen LogP contribution in [0.1, 0.15) is 12.8 Å². The summed E-state index contributed by atoms with van der Waals surface area (Å²) in [5.74, 6) is -0.790. The second-order valence-electron chi connectivity index (χ2n) is 3.37. The Morgan fingerprint density at radius 3 is 1.44 bits per heavy atom. The van der Waals surface area contributed by atoms with E-state index < -0.39 is 11.9 Å². The molecule has 2 unspecified atom stereocenters. The van der Waals surface area contributed by atoms with Crippen molar-refractivity contribution in [1.29, 1.82) is 0 Å². The topological polar surface area (TPSA) is 52.6 Å². The molecule has 0 aromatic carbocycles. The lowest BCUT2D eigenvalue weighted by molar-refractivity contribution is -0.150. The molecule has 0 aliphatic rings. The third-order valence-corrected chi connectivity index (χ3v) is 6.20. The number of carbonyl (C=O) groups is 2. The van der Waals surface area contributed by atoms with Gasteiger partial charge in [-0.2, -0.15) is 0 Å². The molecule has 18 heavy (non-hydrogen) atoms. The van der Waals surface area contributed by atoms with Crippen molar-refractivity contribution in [3.8, 4) is 0 Å². The minimum absolute atomic E-state index is 0.0438. The van der Waals surface area contributed by atoms with Gasteiger partial charge in [-0.05, 0) is 0 Å². The maximum atomic E-state index is 11.3. The van der Waals surface area contributed by atoms with Gasteiger partial charge in [-0.15, -0.1) is 0 Å². The summed E-state index contributed by atoms with van der Waals surface area (Å²) >= 11 is 13.1. The zero-order valence-corrected chi connectivity index (χ0v) is 15.9. The van der Waals surface area contributed by atoms with E-state index in [0.29, 0.717) is 10.7 Å². The van der Waals surface area contributed by atoms with E-state index >= 15 is 0 Å². The third-order valence-electron chi connectivity index (χ3n) is 1.72. The summed E-state index contributed by atoms with van der Waals surface area (Å²) in [5, 5.41) is 1.39. The smallest absolute Gasteiger partial charge is 0.306 e. The van der Waals surface area contributed by atoms with Crippen molar-refractivity contribution in [1.82, 2.24) is 0 Å². The van der Waals surface area contributed by atoms with E-state index in [9.17, 15) is 9.59 Å². The fraction of sp³-hybridized carbons (Fsp3) is 0.800. The molecule has 8 heteroatoms. The minimum Gasteiger partial charge on any atom is -0.464 e. The molecule has 2 atom stereocenters. The number of ether oxygens (including phenoxy) is 2. The zero-order chi connectivity index (χ0) is 14.0. The Morgan fingerprint density at radius 2 is 1.17 bits per heavy atom. The molecule has 0 fully saturated rings. The summed E-state index contributed by atoms with van der Waals surface area (Å²) < 4.78 is 9.90. The highest BCUT2D eigenvalue weighted by atomic mass is 79.9. The predicted octanol–water partition coefficient (Wildman–Crippen LogP) is 3.17. The first-order valence-electron chi connectivity index (χ1n) is 5.20. The first kappa shape index (κ1) is 18.9. The van der Waals surface area contributed by atoms with Gasteiger partial charge in [0.2, 0.25) is 0 Å². The molecule has 0 aromatic heterocycles. The molecule has 0 rings (SSSR count). The highest BCUT2D eigenvalue weighted by Crippen LogP contribution is 2.07. The molecule has 0 aliphatic carbocycles. The van der Waals surface area contributed by atoms with E-state index in [1.807, 2.05) is 0 Å². The van der Waals surface area contributed by atoms with Crippen LogP contribution in [0.25, 0.3) is 0 Å². The van der Waals surface area contributed by atoms with E-state index in [4.69, 9.17) is 9.47 Å². The van der Waals surface area contributed by atoms with E-state index in [1.165, 1.54) is 0 Å². The lowest BCUT2D eigenvalue weighted by Gasteiger charge is -2.09. The van der Waals surface area contributed by atoms with Gasteiger partial charge in [0.1, 0.15) is 13.2 Å². The zero-order valence-electron chi connectivity index (χ0n) is 9.54. The van der Waals surface area contributed by atoms with Crippen molar-refractivity contribution in [2.45, 2.75) is 22.5 Å². The molecule has 4 nitrogen and oxygen atoms in total. The first-order chi connectivity index (χ1) is 8.49. The number of carbonyl (C=O) groups excluding carboxylic acids is 2. The molecule has 0 amide bonds. The number of halogens is 4. The summed E-state index contributed by atoms with van der Waals surface area (Å²) in [7, 11) is 0. The summed E-state index contributed by atoms with van der Waals surface area (Å²) in [6, 6.07) is 0. The van der Waals surface area contributed by atoms with Crippen LogP contribution in [0, 0.1) is 0 Å². The van der Waals surface area contributed by atoms with Gasteiger partial charge in [-0.1, -0.05) is 63.7 Å². The number of esters is 2. The van der Waals surface area contributed by atoms with E-state index in [1.54, 1.807) is 0 Å². The average Bonchev–Trinajstić information content (AvgIpc) is 2.39. The van der Waals surface area contributed by atoms with Gasteiger partial charge in [0.05, 0.1) is 22.5 Å². The second kappa shape index (κ2) is 11.7. The lowest BCUT2D eigenvalue weighted by Crippen LogP contribution is -2.18. The fourth-order valence-electron chi connectivity index (χ4n) is 0.804. The Morgan fingerprint density at radius 1 is 0.833 bits per heavy atom. The molecule has 0 aromatic rings. The van der Waals surface area contributed by atoms with Gasteiger partial charge in [-0.25, -0.2) is 0 Å². The van der Waals surface area contributed by atoms with Crippen molar-refractivity contribution in [3.63, 3.8) is 0 Å². The number of hydrogen-bond donors (Lipinski definition) is 0. The van der Waals surface area contributed by atoms with Gasteiger partial charge in [0.15, 0.2) is 0 Å². The normalized spacial score (nSPS) is 13.8. The van der Waals surface area contributed by atoms with Crippen LogP contribution >= 0.6 is 63.7 Å². The Labute approximate surface area is 140 Å². The van der Waals surface area contributed by atoms with Crippen molar-refractivity contribution in [3.05, 3.63) is 0 Å². The molecule has 0 saturated carbocycles. The van der Waals surface area contributed by atoms with Crippen molar-refractivity contribution in [2.75, 3.05) is 23.9 Å². The van der Waals surface area contributed by atoms with Gasteiger partial charge >= 0.3 is 11.9 Å². The van der Waals surface area contributed by atoms with Crippen LogP contribution in [-0.2, 0) is 19.1 Å². The number of hydrogen-bond acceptors (Lipinski definition) is 4. The van der Waals surface area contributed by atoms with E-state index in [2.05, 4.69) is 63.7 Å². The van der Waals surface area contributed by atoms with Crippen molar-refractivity contribution in [2.24, 2.45) is 0 Å². The molecule has 106 valence electrons. The highest BCUT2D eigenvalue weighted by molar-refractivity contribution is 9.12. The third kappa shape index (κ3) is 10.8. The summed E-state index contributed by atoms with van der Waals surface area (Å²) in [5.41, 5.74) is 0. The van der Waals surface area contributed by atoms with Crippen LogP contribution in [0.4, 0.5) is 0 Å². The Balaban J connectivity index is 3.62. The Bertz CT molecular complexity index is 236. The van der Waals surface area contributed by atoms with Crippen LogP contribution < -0.4 is 0 Å². The Hall–Kier alpha value is 0.860. The predicted molar refractivity (Wildman–Crippen MR) is 84.2 cm³/mol. The summed E-state index contributed by atoms with van der Waals surface area (Å²) in [4.78, 5) is 22.7. The molecule has 0 saturated heterocycles. The summed E-state index contributed by atoms with van der Waals surface area (Å²) in [6.45, 7) is 0.568. The maximum absolute atomic E-state index is 11.3. The van der Waals surface area contributed by atoms with Crippen molar-refractivity contribution < 1.29 is 19.1 Å². The highest BCUT2D eigenvalue weighted by Gasteiger charge is 2.12. The first-order valence-corrected chi connectivity index (χ1v) is 9.28. The standard InChI is InChI=1S/C10H14Br4O4/c11-3-7(13)5-17-9(15)1-2-10(16)18-6-8(14)4-12/h7-8H,1-6H2. The molecule has 0 heterocycles. The largest absolute Gasteiger partial charge is 0.464 e. The molecule has 0 spiro atoms. The SMILES string of the molecule is O=C(CCC(=O)OCC(Br)CBr)OCC(Br)CBr. The molecule has 0 radical (unpaired) electrons. The van der Waals surface area contributed by atoms with Crippen LogP contribution in [0.3, 0.4) is 0 Å². The van der Waals surface area contributed by atoms with Gasteiger partial charge in [0.25, 0.3) is 0 Å². The molecule has 0 aliphatic heterocycles. The maximum Gasteiger partial charge on any atom is 0.306 e. The van der Waals surface area contributed by atoms with Crippen LogP contribution in [0.15, 0.2) is 0 Å². The fourth-order valence-corrected chi connectivity index (χ4v) is 1.44. The van der Waals surface area contributed by atoms with Gasteiger partial charge in [0, 0.05) is 10.7 Å². The quantitative estimate of drug-likeness (QED) is 0.348. The molecule has 0 bridgehead atoms. The minimum atomic E-state index is -0.395. The second-order valence-corrected chi connectivity index (χ2v) is 7.25. The van der Waals surface area contributed by atoms with Crippen LogP contribution in [0.2, 0.25) is 0 Å². The van der Waals surface area contributed by atoms with Gasteiger partial charge in [-0.3, -0.25) is 9.59 Å². The van der Waals surface area contributed by atoms with E-state index in [0.717, 1.165) is 0 Å². The van der Waals surface area contributed by atoms with Crippen molar-refractivity contribution >= 4 is 75.7 Å². The summed E-state index contributed by atoms with van der Waals surface area (Å²) in [6.07, 6.45) is 0.0875. The molecular weight excluding hydrogens is 504 g/mol. The monoisotopic (exact) mass is 514 g/mol. The molecular formula is C10H14Br4O4. The van der Waals surface area contributed by atoms with Crippen LogP contribution in [-0.4, -0.2) is 45.5 Å². The Kier molecular flexibility index (Phi) is 12.2. The van der Waals surface area contributed by atoms with Gasteiger partial charge < -0.3 is 9.47 Å². The van der Waals surface area contributed by atoms with E-state index in [-0.39, 0.29) is 35.7 Å². The number of alkyl halides is 4.